The van der Waals surface area contributed by atoms with Gasteiger partial charge in [0.15, 0.2) is 0 Å². The van der Waals surface area contributed by atoms with Gasteiger partial charge in [-0.05, 0) is 27.2 Å². The van der Waals surface area contributed by atoms with Crippen molar-refractivity contribution in [2.75, 3.05) is 6.54 Å². The van der Waals surface area contributed by atoms with Gasteiger partial charge < -0.3 is 0 Å². The summed E-state index contributed by atoms with van der Waals surface area (Å²) in [4.78, 5) is 0. The lowest BCUT2D eigenvalue weighted by Gasteiger charge is -2.21. The lowest BCUT2D eigenvalue weighted by molar-refractivity contribution is 0.353. The van der Waals surface area contributed by atoms with Crippen molar-refractivity contribution in [2.45, 2.75) is 58.9 Å². The van der Waals surface area contributed by atoms with Gasteiger partial charge in [-0.1, -0.05) is 26.2 Å². The molecule has 0 bridgehead atoms. The predicted molar refractivity (Wildman–Crippen MR) is 55.0 cm³/mol. The third kappa shape index (κ3) is 9.92. The highest BCUT2D eigenvalue weighted by Crippen LogP contribution is 1.98. The summed E-state index contributed by atoms with van der Waals surface area (Å²) in [5, 5.41) is 0. The minimum absolute atomic E-state index is 0.185. The fraction of sp³-hybridized carbons (Fsp3) is 1.00. The van der Waals surface area contributed by atoms with E-state index in [0.717, 1.165) is 6.54 Å². The van der Waals surface area contributed by atoms with Crippen LogP contribution in [0.3, 0.4) is 0 Å². The molecule has 2 N–H and O–H groups in total. The monoisotopic (exact) mass is 172 g/mol. The summed E-state index contributed by atoms with van der Waals surface area (Å²) in [7, 11) is 0. The van der Waals surface area contributed by atoms with E-state index in [1.165, 1.54) is 25.7 Å². The molecule has 0 amide bonds. The first kappa shape index (κ1) is 11.9. The standard InChI is InChI=1S/C10H24N2/c1-5-6-7-8-9-11-12-10(2,3)4/h11-12H,5-9H2,1-4H3. The number of unbranched alkanes of at least 4 members (excludes halogenated alkanes) is 3. The second-order valence-electron chi connectivity index (χ2n) is 4.36. The molecule has 0 aromatic carbocycles. The maximum absolute atomic E-state index is 3.25. The molecule has 74 valence electrons. The lowest BCUT2D eigenvalue weighted by atomic mass is 10.1. The van der Waals surface area contributed by atoms with Gasteiger partial charge >= 0.3 is 0 Å². The molecule has 0 aromatic heterocycles. The molecule has 0 saturated heterocycles. The molecule has 0 rings (SSSR count). The van der Waals surface area contributed by atoms with Gasteiger partial charge in [0.25, 0.3) is 0 Å². The van der Waals surface area contributed by atoms with Crippen LogP contribution in [0.2, 0.25) is 0 Å². The second-order valence-corrected chi connectivity index (χ2v) is 4.36. The average Bonchev–Trinajstić information content (AvgIpc) is 1.94. The third-order valence-corrected chi connectivity index (χ3v) is 1.62. The molecule has 0 aliphatic heterocycles. The molecule has 0 radical (unpaired) electrons. The van der Waals surface area contributed by atoms with Gasteiger partial charge in [0.05, 0.1) is 0 Å². The van der Waals surface area contributed by atoms with Crippen molar-refractivity contribution in [3.8, 4) is 0 Å². The molecule has 12 heavy (non-hydrogen) atoms. The highest BCUT2D eigenvalue weighted by atomic mass is 15.4. The van der Waals surface area contributed by atoms with Crippen molar-refractivity contribution in [3.05, 3.63) is 0 Å². The highest BCUT2D eigenvalue weighted by Gasteiger charge is 2.06. The van der Waals surface area contributed by atoms with Crippen LogP contribution in [0.1, 0.15) is 53.4 Å². The fourth-order valence-corrected chi connectivity index (χ4v) is 0.968. The summed E-state index contributed by atoms with van der Waals surface area (Å²) in [5.41, 5.74) is 6.67. The van der Waals surface area contributed by atoms with Crippen molar-refractivity contribution in [1.29, 1.82) is 0 Å². The first-order valence-corrected chi connectivity index (χ1v) is 5.06. The van der Waals surface area contributed by atoms with Gasteiger partial charge in [-0.25, -0.2) is 0 Å². The molecule has 2 heteroatoms. The predicted octanol–water partition coefficient (Wildman–Crippen LogP) is 2.46. The molecule has 0 saturated carbocycles. The van der Waals surface area contributed by atoms with Gasteiger partial charge in [-0.2, -0.15) is 0 Å². The molecule has 0 fully saturated rings. The zero-order valence-corrected chi connectivity index (χ0v) is 9.04. The first-order valence-electron chi connectivity index (χ1n) is 5.06. The van der Waals surface area contributed by atoms with Crippen molar-refractivity contribution < 1.29 is 0 Å². The Kier molecular flexibility index (Phi) is 6.39. The van der Waals surface area contributed by atoms with Crippen LogP contribution in [0.5, 0.6) is 0 Å². The van der Waals surface area contributed by atoms with E-state index >= 15 is 0 Å². The maximum Gasteiger partial charge on any atom is 0.0239 e. The molecule has 0 unspecified atom stereocenters. The molecular weight excluding hydrogens is 148 g/mol. The second kappa shape index (κ2) is 6.44. The van der Waals surface area contributed by atoms with Gasteiger partial charge in [0.1, 0.15) is 0 Å². The summed E-state index contributed by atoms with van der Waals surface area (Å²) >= 11 is 0. The lowest BCUT2D eigenvalue weighted by Crippen LogP contribution is -2.46. The van der Waals surface area contributed by atoms with E-state index in [1.807, 2.05) is 0 Å². The zero-order valence-electron chi connectivity index (χ0n) is 9.04. The van der Waals surface area contributed by atoms with Gasteiger partial charge in [0.2, 0.25) is 0 Å². The van der Waals surface area contributed by atoms with Crippen LogP contribution < -0.4 is 10.9 Å². The minimum atomic E-state index is 0.185. The summed E-state index contributed by atoms with van der Waals surface area (Å²) in [6.45, 7) is 9.79. The Labute approximate surface area is 77.1 Å². The average molecular weight is 172 g/mol. The van der Waals surface area contributed by atoms with Crippen LogP contribution in [0, 0.1) is 0 Å². The molecule has 0 spiro atoms. The highest BCUT2D eigenvalue weighted by molar-refractivity contribution is 4.66. The molecular formula is C10H24N2. The summed E-state index contributed by atoms with van der Waals surface area (Å²) in [6, 6.07) is 0. The van der Waals surface area contributed by atoms with Crippen LogP contribution in [-0.4, -0.2) is 12.1 Å². The van der Waals surface area contributed by atoms with E-state index in [2.05, 4.69) is 38.5 Å². The first-order chi connectivity index (χ1) is 5.56. The Morgan fingerprint density at radius 1 is 1.00 bits per heavy atom. The summed E-state index contributed by atoms with van der Waals surface area (Å²) < 4.78 is 0. The zero-order chi connectivity index (χ0) is 9.45. The Hall–Kier alpha value is -0.0800. The smallest absolute Gasteiger partial charge is 0.0239 e. The molecule has 0 aliphatic carbocycles. The van der Waals surface area contributed by atoms with Crippen LogP contribution in [-0.2, 0) is 0 Å². The molecule has 0 aliphatic rings. The topological polar surface area (TPSA) is 24.1 Å². The van der Waals surface area contributed by atoms with Crippen LogP contribution in [0.4, 0.5) is 0 Å². The summed E-state index contributed by atoms with van der Waals surface area (Å²) in [5.74, 6) is 0. The quantitative estimate of drug-likeness (QED) is 0.475. The number of nitrogens with one attached hydrogen (secondary N) is 2. The van der Waals surface area contributed by atoms with E-state index in [0.29, 0.717) is 0 Å². The van der Waals surface area contributed by atoms with Crippen LogP contribution in [0.15, 0.2) is 0 Å². The Bertz CT molecular complexity index is 94.5. The van der Waals surface area contributed by atoms with E-state index in [1.54, 1.807) is 0 Å². The Morgan fingerprint density at radius 3 is 2.17 bits per heavy atom. The number of hydrazine groups is 1. The Balaban J connectivity index is 3.01. The molecule has 0 aromatic rings. The van der Waals surface area contributed by atoms with E-state index < -0.39 is 0 Å². The summed E-state index contributed by atoms with van der Waals surface area (Å²) in [6.07, 6.45) is 5.29. The normalized spacial score (nSPS) is 12.0. The fourth-order valence-electron chi connectivity index (χ4n) is 0.968. The number of rotatable bonds is 6. The molecule has 0 heterocycles. The van der Waals surface area contributed by atoms with Crippen molar-refractivity contribution in [2.24, 2.45) is 0 Å². The Morgan fingerprint density at radius 2 is 1.67 bits per heavy atom. The van der Waals surface area contributed by atoms with E-state index in [9.17, 15) is 0 Å². The van der Waals surface area contributed by atoms with Crippen molar-refractivity contribution in [3.63, 3.8) is 0 Å². The number of hydrogen-bond donors (Lipinski definition) is 2. The van der Waals surface area contributed by atoms with E-state index in [-0.39, 0.29) is 5.54 Å². The van der Waals surface area contributed by atoms with Crippen molar-refractivity contribution in [1.82, 2.24) is 10.9 Å². The largest absolute Gasteiger partial charge is 0.257 e. The SMILES string of the molecule is CCCCCCNNC(C)(C)C. The molecule has 0 atom stereocenters. The third-order valence-electron chi connectivity index (χ3n) is 1.62. The van der Waals surface area contributed by atoms with Gasteiger partial charge in [-0.3, -0.25) is 10.9 Å². The maximum atomic E-state index is 3.25. The minimum Gasteiger partial charge on any atom is -0.257 e. The van der Waals surface area contributed by atoms with E-state index in [4.69, 9.17) is 0 Å². The molecule has 2 nitrogen and oxygen atoms in total. The van der Waals surface area contributed by atoms with Crippen LogP contribution in [0.25, 0.3) is 0 Å². The van der Waals surface area contributed by atoms with Gasteiger partial charge in [-0.15, -0.1) is 0 Å². The van der Waals surface area contributed by atoms with Crippen molar-refractivity contribution >= 4 is 0 Å². The van der Waals surface area contributed by atoms with Gasteiger partial charge in [0, 0.05) is 12.1 Å². The number of hydrogen-bond acceptors (Lipinski definition) is 2. The van der Waals surface area contributed by atoms with Crippen LogP contribution >= 0.6 is 0 Å².